The summed E-state index contributed by atoms with van der Waals surface area (Å²) >= 11 is 0. The van der Waals surface area contributed by atoms with Crippen molar-refractivity contribution in [1.82, 2.24) is 21.5 Å². The highest BCUT2D eigenvalue weighted by atomic mass is 15.4. The lowest BCUT2D eigenvalue weighted by molar-refractivity contribution is 0.920. The Hall–Kier alpha value is -3.94. The maximum Gasteiger partial charge on any atom is 0.212 e. The van der Waals surface area contributed by atoms with Gasteiger partial charge in [-0.25, -0.2) is 20.8 Å². The van der Waals surface area contributed by atoms with Crippen LogP contribution in [0, 0.1) is 0 Å². The van der Waals surface area contributed by atoms with Gasteiger partial charge in [-0.3, -0.25) is 0 Å². The van der Waals surface area contributed by atoms with Crippen LogP contribution in [0.15, 0.2) is 68.7 Å². The van der Waals surface area contributed by atoms with Gasteiger partial charge in [-0.2, -0.15) is 10.2 Å². The summed E-state index contributed by atoms with van der Waals surface area (Å²) in [7, 11) is 0. The lowest BCUT2D eigenvalue weighted by Gasteiger charge is -2.05. The Bertz CT molecular complexity index is 1110. The number of fused-ring (bicyclic) bond motifs is 2. The minimum Gasteiger partial charge on any atom is -0.353 e. The van der Waals surface area contributed by atoms with Gasteiger partial charge < -0.3 is 10.6 Å². The van der Waals surface area contributed by atoms with Crippen LogP contribution >= 0.6 is 0 Å². The van der Waals surface area contributed by atoms with E-state index in [0.717, 1.165) is 49.2 Å². The highest BCUT2D eigenvalue weighted by Gasteiger charge is 2.04. The minimum atomic E-state index is 0.722. The Morgan fingerprint density at radius 2 is 1.17 bits per heavy atom. The van der Waals surface area contributed by atoms with Crippen LogP contribution in [0.25, 0.3) is 21.5 Å². The topological polar surface area (TPSA) is 97.6 Å². The fraction of sp³-hybridized carbons (Fsp3) is 0.182. The summed E-state index contributed by atoms with van der Waals surface area (Å²) in [5, 5.41) is 19.5. The summed E-state index contributed by atoms with van der Waals surface area (Å²) in [5.74, 6) is 1.44. The molecule has 30 heavy (non-hydrogen) atoms. The van der Waals surface area contributed by atoms with Crippen LogP contribution in [-0.4, -0.2) is 50.5 Å². The van der Waals surface area contributed by atoms with Gasteiger partial charge in [-0.15, -0.1) is 0 Å². The molecule has 2 aliphatic heterocycles. The van der Waals surface area contributed by atoms with Crippen LogP contribution in [0.1, 0.15) is 11.1 Å². The van der Waals surface area contributed by atoms with Gasteiger partial charge in [-0.05, 0) is 56.9 Å². The third-order valence-corrected chi connectivity index (χ3v) is 4.96. The molecule has 0 spiro atoms. The second-order valence-corrected chi connectivity index (χ2v) is 7.12. The number of hydrogen-bond donors (Lipinski definition) is 4. The van der Waals surface area contributed by atoms with E-state index >= 15 is 0 Å². The third-order valence-electron chi connectivity index (χ3n) is 4.96. The van der Waals surface area contributed by atoms with Crippen LogP contribution < -0.4 is 21.5 Å². The summed E-state index contributed by atoms with van der Waals surface area (Å²) in [6.07, 6.45) is 3.62. The van der Waals surface area contributed by atoms with Crippen molar-refractivity contribution in [2.75, 3.05) is 26.2 Å². The Labute approximate surface area is 173 Å². The number of aliphatic imine (C=N–C) groups is 2. The molecule has 0 saturated heterocycles. The molecule has 0 atom stereocenters. The van der Waals surface area contributed by atoms with E-state index in [4.69, 9.17) is 0 Å². The smallest absolute Gasteiger partial charge is 0.212 e. The SMILES string of the molecule is C(=NNC1=NCCN1)c1ccc2cc3cc(C=NNC4=NCCN4)ccc3cc2c1. The number of hydrogen-bond acceptors (Lipinski definition) is 8. The fourth-order valence-electron chi connectivity index (χ4n) is 3.48. The predicted octanol–water partition coefficient (Wildman–Crippen LogP) is 1.76. The zero-order valence-electron chi connectivity index (χ0n) is 16.4. The average Bonchev–Trinajstić information content (AvgIpc) is 3.47. The standard InChI is InChI=1S/C22H22N8/c1-3-17-11-20-10-16(14-28-30-22-25-7-8-26-22)2-4-18(20)12-19(17)9-15(1)13-27-29-21-23-5-6-24-21/h1-4,9-14H,5-8H2,(H2,23,24,29)(H2,25,26,30). The predicted molar refractivity (Wildman–Crippen MR) is 124 cm³/mol. The van der Waals surface area contributed by atoms with E-state index in [9.17, 15) is 0 Å². The molecule has 4 N–H and O–H groups in total. The van der Waals surface area contributed by atoms with Crippen molar-refractivity contribution in [3.63, 3.8) is 0 Å². The van der Waals surface area contributed by atoms with Gasteiger partial charge in [0.25, 0.3) is 0 Å². The van der Waals surface area contributed by atoms with Crippen molar-refractivity contribution < 1.29 is 0 Å². The molecule has 3 aromatic carbocycles. The third kappa shape index (κ3) is 4.07. The van der Waals surface area contributed by atoms with Crippen LogP contribution in [-0.2, 0) is 0 Å². The number of guanidine groups is 2. The minimum absolute atomic E-state index is 0.722. The van der Waals surface area contributed by atoms with Crippen molar-refractivity contribution in [1.29, 1.82) is 0 Å². The molecule has 0 radical (unpaired) electrons. The van der Waals surface area contributed by atoms with Gasteiger partial charge in [0, 0.05) is 13.1 Å². The Morgan fingerprint density at radius 3 is 1.60 bits per heavy atom. The largest absolute Gasteiger partial charge is 0.353 e. The number of nitrogens with zero attached hydrogens (tertiary/aromatic N) is 4. The monoisotopic (exact) mass is 398 g/mol. The van der Waals surface area contributed by atoms with Gasteiger partial charge in [0.1, 0.15) is 0 Å². The van der Waals surface area contributed by atoms with Crippen LogP contribution in [0.2, 0.25) is 0 Å². The Morgan fingerprint density at radius 1 is 0.667 bits per heavy atom. The first-order chi connectivity index (χ1) is 14.8. The Balaban J connectivity index is 1.34. The summed E-state index contributed by atoms with van der Waals surface area (Å²) in [6.45, 7) is 3.30. The first-order valence-electron chi connectivity index (χ1n) is 9.96. The van der Waals surface area contributed by atoms with Crippen molar-refractivity contribution in [2.45, 2.75) is 0 Å². The molecular weight excluding hydrogens is 376 g/mol. The lowest BCUT2D eigenvalue weighted by Crippen LogP contribution is -2.30. The van der Waals surface area contributed by atoms with E-state index < -0.39 is 0 Å². The molecule has 5 rings (SSSR count). The second kappa shape index (κ2) is 8.20. The Kier molecular flexibility index (Phi) is 4.95. The first kappa shape index (κ1) is 18.1. The van der Waals surface area contributed by atoms with Gasteiger partial charge in [-0.1, -0.05) is 24.3 Å². The van der Waals surface area contributed by atoms with E-state index in [2.05, 4.69) is 90.2 Å². The molecule has 3 aromatic rings. The maximum absolute atomic E-state index is 4.26. The van der Waals surface area contributed by atoms with Crippen LogP contribution in [0.3, 0.4) is 0 Å². The maximum atomic E-state index is 4.26. The van der Waals surface area contributed by atoms with Crippen LogP contribution in [0.5, 0.6) is 0 Å². The zero-order chi connectivity index (χ0) is 20.2. The molecule has 2 aliphatic rings. The summed E-state index contributed by atoms with van der Waals surface area (Å²) in [6, 6.07) is 17.0. The van der Waals surface area contributed by atoms with Crippen LogP contribution in [0.4, 0.5) is 0 Å². The van der Waals surface area contributed by atoms with Crippen molar-refractivity contribution in [3.8, 4) is 0 Å². The molecule has 0 aromatic heterocycles. The van der Waals surface area contributed by atoms with Gasteiger partial charge in [0.15, 0.2) is 0 Å². The van der Waals surface area contributed by atoms with E-state index in [1.165, 1.54) is 21.5 Å². The molecule has 0 saturated carbocycles. The van der Waals surface area contributed by atoms with Gasteiger partial charge >= 0.3 is 0 Å². The molecule has 0 bridgehead atoms. The molecule has 0 aliphatic carbocycles. The molecule has 0 amide bonds. The summed E-state index contributed by atoms with van der Waals surface area (Å²) in [5.41, 5.74) is 7.92. The van der Waals surface area contributed by atoms with Gasteiger partial charge in [0.05, 0.1) is 25.5 Å². The number of nitrogens with one attached hydrogen (secondary N) is 4. The lowest BCUT2D eigenvalue weighted by atomic mass is 10.0. The molecule has 0 unspecified atom stereocenters. The van der Waals surface area contributed by atoms with Crippen molar-refractivity contribution in [3.05, 3.63) is 59.7 Å². The number of benzene rings is 3. The normalized spacial score (nSPS) is 16.1. The van der Waals surface area contributed by atoms with Gasteiger partial charge in [0.2, 0.25) is 11.9 Å². The van der Waals surface area contributed by atoms with E-state index in [1.54, 1.807) is 0 Å². The molecule has 0 fully saturated rings. The highest BCUT2D eigenvalue weighted by Crippen LogP contribution is 2.24. The number of hydrazone groups is 2. The average molecular weight is 398 g/mol. The molecular formula is C22H22N8. The van der Waals surface area contributed by atoms with E-state index in [-0.39, 0.29) is 0 Å². The van der Waals surface area contributed by atoms with E-state index in [1.807, 2.05) is 12.4 Å². The van der Waals surface area contributed by atoms with Crippen molar-refractivity contribution >= 4 is 45.9 Å². The summed E-state index contributed by atoms with van der Waals surface area (Å²) < 4.78 is 0. The van der Waals surface area contributed by atoms with Crippen molar-refractivity contribution in [2.24, 2.45) is 20.2 Å². The fourth-order valence-corrected chi connectivity index (χ4v) is 3.48. The first-order valence-corrected chi connectivity index (χ1v) is 9.96. The van der Waals surface area contributed by atoms with E-state index in [0.29, 0.717) is 0 Å². The molecule has 150 valence electrons. The highest BCUT2D eigenvalue weighted by molar-refractivity contribution is 6.02. The second-order valence-electron chi connectivity index (χ2n) is 7.12. The molecule has 2 heterocycles. The number of rotatable bonds is 4. The zero-order valence-corrected chi connectivity index (χ0v) is 16.4. The quantitative estimate of drug-likeness (QED) is 0.306. The molecule has 8 heteroatoms. The molecule has 8 nitrogen and oxygen atoms in total. The summed E-state index contributed by atoms with van der Waals surface area (Å²) in [4.78, 5) is 8.51.